The lowest BCUT2D eigenvalue weighted by atomic mass is 10.3. The van der Waals surface area contributed by atoms with Crippen molar-refractivity contribution in [3.8, 4) is 0 Å². The van der Waals surface area contributed by atoms with Gasteiger partial charge in [0.15, 0.2) is 6.10 Å². The van der Waals surface area contributed by atoms with E-state index < -0.39 is 24.7 Å². The Kier molecular flexibility index (Phi) is 5.79. The van der Waals surface area contributed by atoms with Gasteiger partial charge in [-0.15, -0.1) is 0 Å². The Hall–Kier alpha value is -1.31. The van der Waals surface area contributed by atoms with E-state index >= 15 is 0 Å². The minimum atomic E-state index is -4.75. The number of rotatable bonds is 5. The average Bonchev–Trinajstić information content (AvgIpc) is 2.11. The summed E-state index contributed by atoms with van der Waals surface area (Å²) < 4.78 is 35.4. The Morgan fingerprint density at radius 3 is 2.31 bits per heavy atom. The number of hydrogen-bond acceptors (Lipinski definition) is 3. The predicted molar refractivity (Wildman–Crippen MR) is 48.4 cm³/mol. The van der Waals surface area contributed by atoms with Gasteiger partial charge in [0.1, 0.15) is 0 Å². The molecular formula is C8H13F3N2O3. The maximum atomic E-state index is 11.8. The lowest BCUT2D eigenvalue weighted by molar-refractivity contribution is -0.201. The van der Waals surface area contributed by atoms with Crippen LogP contribution >= 0.6 is 0 Å². The highest BCUT2D eigenvalue weighted by molar-refractivity contribution is 5.77. The first-order valence-electron chi connectivity index (χ1n) is 4.49. The van der Waals surface area contributed by atoms with E-state index in [0.29, 0.717) is 0 Å². The minimum absolute atomic E-state index is 0.0449. The van der Waals surface area contributed by atoms with Gasteiger partial charge in [0, 0.05) is 19.9 Å². The predicted octanol–water partition coefficient (Wildman–Crippen LogP) is -0.448. The lowest BCUT2D eigenvalue weighted by Crippen LogP contribution is -2.41. The SMILES string of the molecule is CC(=O)NCCC(=O)NCC(O)C(F)(F)F. The highest BCUT2D eigenvalue weighted by Gasteiger charge is 2.38. The van der Waals surface area contributed by atoms with E-state index in [2.05, 4.69) is 5.32 Å². The molecule has 1 atom stereocenters. The Morgan fingerprint density at radius 2 is 1.88 bits per heavy atom. The summed E-state index contributed by atoms with van der Waals surface area (Å²) in [7, 11) is 0. The zero-order chi connectivity index (χ0) is 12.8. The van der Waals surface area contributed by atoms with Crippen LogP contribution in [0.1, 0.15) is 13.3 Å². The van der Waals surface area contributed by atoms with Crippen molar-refractivity contribution in [2.45, 2.75) is 25.6 Å². The van der Waals surface area contributed by atoms with E-state index in [9.17, 15) is 22.8 Å². The van der Waals surface area contributed by atoms with Gasteiger partial charge >= 0.3 is 6.18 Å². The third kappa shape index (κ3) is 7.04. The molecule has 2 amide bonds. The molecular weight excluding hydrogens is 229 g/mol. The Bertz CT molecular complexity index is 255. The standard InChI is InChI=1S/C8H13F3N2O3/c1-5(14)12-3-2-7(16)13-4-6(15)8(9,10)11/h6,15H,2-4H2,1H3,(H,12,14)(H,13,16). The molecule has 0 aliphatic heterocycles. The zero-order valence-corrected chi connectivity index (χ0v) is 8.60. The van der Waals surface area contributed by atoms with E-state index in [4.69, 9.17) is 5.11 Å². The fourth-order valence-corrected chi connectivity index (χ4v) is 0.767. The fourth-order valence-electron chi connectivity index (χ4n) is 0.767. The van der Waals surface area contributed by atoms with Crippen LogP contribution in [0, 0.1) is 0 Å². The molecule has 5 nitrogen and oxygen atoms in total. The number of hydrogen-bond donors (Lipinski definition) is 3. The highest BCUT2D eigenvalue weighted by atomic mass is 19.4. The first kappa shape index (κ1) is 14.7. The van der Waals surface area contributed by atoms with Gasteiger partial charge in [0.25, 0.3) is 0 Å². The van der Waals surface area contributed by atoms with Crippen LogP contribution in [0.3, 0.4) is 0 Å². The topological polar surface area (TPSA) is 78.4 Å². The van der Waals surface area contributed by atoms with Gasteiger partial charge in [-0.05, 0) is 0 Å². The van der Waals surface area contributed by atoms with Crippen LogP contribution in [0.25, 0.3) is 0 Å². The fraction of sp³-hybridized carbons (Fsp3) is 0.750. The molecule has 0 fully saturated rings. The van der Waals surface area contributed by atoms with Crippen molar-refractivity contribution in [1.82, 2.24) is 10.6 Å². The third-order valence-corrected chi connectivity index (χ3v) is 1.60. The average molecular weight is 242 g/mol. The molecule has 0 bridgehead atoms. The first-order chi connectivity index (χ1) is 7.23. The van der Waals surface area contributed by atoms with Crippen LogP contribution in [-0.4, -0.2) is 42.3 Å². The summed E-state index contributed by atoms with van der Waals surface area (Å²) in [5.74, 6) is -1.000. The van der Waals surface area contributed by atoms with Gasteiger partial charge in [-0.1, -0.05) is 0 Å². The summed E-state index contributed by atoms with van der Waals surface area (Å²) in [6.07, 6.45) is -7.45. The molecule has 0 aromatic rings. The number of nitrogens with one attached hydrogen (secondary N) is 2. The molecule has 16 heavy (non-hydrogen) atoms. The summed E-state index contributed by atoms with van der Waals surface area (Å²) in [5.41, 5.74) is 0. The molecule has 0 rings (SSSR count). The summed E-state index contributed by atoms with van der Waals surface area (Å²) in [4.78, 5) is 21.3. The number of aliphatic hydroxyl groups is 1. The molecule has 3 N–H and O–H groups in total. The van der Waals surface area contributed by atoms with Crippen molar-refractivity contribution < 1.29 is 27.9 Å². The minimum Gasteiger partial charge on any atom is -0.382 e. The maximum Gasteiger partial charge on any atom is 0.416 e. The Labute approximate surface area is 90.0 Å². The lowest BCUT2D eigenvalue weighted by Gasteiger charge is -2.14. The number of alkyl halides is 3. The van der Waals surface area contributed by atoms with Crippen LogP contribution < -0.4 is 10.6 Å². The third-order valence-electron chi connectivity index (χ3n) is 1.60. The summed E-state index contributed by atoms with van der Waals surface area (Å²) in [6, 6.07) is 0. The molecule has 0 aromatic carbocycles. The number of aliphatic hydroxyl groups excluding tert-OH is 1. The van der Waals surface area contributed by atoms with E-state index in [1.54, 1.807) is 0 Å². The molecule has 0 aliphatic carbocycles. The van der Waals surface area contributed by atoms with Gasteiger partial charge in [0.05, 0.1) is 6.54 Å². The molecule has 1 unspecified atom stereocenters. The smallest absolute Gasteiger partial charge is 0.382 e. The van der Waals surface area contributed by atoms with E-state index in [0.717, 1.165) is 0 Å². The van der Waals surface area contributed by atoms with Gasteiger partial charge in [-0.2, -0.15) is 13.2 Å². The van der Waals surface area contributed by atoms with Crippen molar-refractivity contribution in [3.05, 3.63) is 0 Å². The van der Waals surface area contributed by atoms with E-state index in [-0.39, 0.29) is 18.9 Å². The molecule has 0 aromatic heterocycles. The van der Waals surface area contributed by atoms with E-state index in [1.165, 1.54) is 6.92 Å². The molecule has 0 saturated carbocycles. The maximum absolute atomic E-state index is 11.8. The van der Waals surface area contributed by atoms with Gasteiger partial charge in [0.2, 0.25) is 11.8 Å². The van der Waals surface area contributed by atoms with Crippen LogP contribution in [0.5, 0.6) is 0 Å². The molecule has 0 aliphatic rings. The number of carbonyl (C=O) groups is 2. The summed E-state index contributed by atoms with van der Waals surface area (Å²) in [5, 5.41) is 12.8. The Balaban J connectivity index is 3.70. The summed E-state index contributed by atoms with van der Waals surface area (Å²) in [6.45, 7) is 0.414. The quantitative estimate of drug-likeness (QED) is 0.611. The van der Waals surface area contributed by atoms with Crippen LogP contribution in [0.4, 0.5) is 13.2 Å². The van der Waals surface area contributed by atoms with Gasteiger partial charge in [-0.3, -0.25) is 9.59 Å². The van der Waals surface area contributed by atoms with E-state index in [1.807, 2.05) is 5.32 Å². The molecule has 0 saturated heterocycles. The zero-order valence-electron chi connectivity index (χ0n) is 8.60. The first-order valence-corrected chi connectivity index (χ1v) is 4.49. The molecule has 0 heterocycles. The number of amides is 2. The van der Waals surface area contributed by atoms with Crippen molar-refractivity contribution in [2.24, 2.45) is 0 Å². The molecule has 94 valence electrons. The van der Waals surface area contributed by atoms with Crippen molar-refractivity contribution in [2.75, 3.05) is 13.1 Å². The normalized spacial score (nSPS) is 13.1. The molecule has 8 heteroatoms. The van der Waals surface area contributed by atoms with Crippen molar-refractivity contribution >= 4 is 11.8 Å². The largest absolute Gasteiger partial charge is 0.416 e. The van der Waals surface area contributed by atoms with Gasteiger partial charge < -0.3 is 15.7 Å². The number of halogens is 3. The van der Waals surface area contributed by atoms with Crippen molar-refractivity contribution in [1.29, 1.82) is 0 Å². The molecule has 0 spiro atoms. The Morgan fingerprint density at radius 1 is 1.31 bits per heavy atom. The second-order valence-corrected chi connectivity index (χ2v) is 3.09. The van der Waals surface area contributed by atoms with Crippen LogP contribution in [-0.2, 0) is 9.59 Å². The van der Waals surface area contributed by atoms with Crippen LogP contribution in [0.15, 0.2) is 0 Å². The highest BCUT2D eigenvalue weighted by Crippen LogP contribution is 2.19. The second-order valence-electron chi connectivity index (χ2n) is 3.09. The number of carbonyl (C=O) groups excluding carboxylic acids is 2. The monoisotopic (exact) mass is 242 g/mol. The van der Waals surface area contributed by atoms with Crippen LogP contribution in [0.2, 0.25) is 0 Å². The molecule has 0 radical (unpaired) electrons. The summed E-state index contributed by atoms with van der Waals surface area (Å²) >= 11 is 0. The van der Waals surface area contributed by atoms with Gasteiger partial charge in [-0.25, -0.2) is 0 Å². The second kappa shape index (κ2) is 6.31. The van der Waals surface area contributed by atoms with Crippen molar-refractivity contribution in [3.63, 3.8) is 0 Å².